The molecule has 0 aliphatic rings. The van der Waals surface area contributed by atoms with Crippen LogP contribution in [-0.2, 0) is 0 Å². The molecular formula is C15H22N4. The highest BCUT2D eigenvalue weighted by molar-refractivity contribution is 5.30. The first kappa shape index (κ1) is 13.7. The molecule has 2 aromatic heterocycles. The predicted octanol–water partition coefficient (Wildman–Crippen LogP) is 3.06. The summed E-state index contributed by atoms with van der Waals surface area (Å²) in [5.41, 5.74) is 3.18. The Hall–Kier alpha value is -1.68. The lowest BCUT2D eigenvalue weighted by atomic mass is 10.1. The molecule has 102 valence electrons. The van der Waals surface area contributed by atoms with Crippen LogP contribution in [0.5, 0.6) is 0 Å². The van der Waals surface area contributed by atoms with E-state index >= 15 is 0 Å². The molecule has 0 amide bonds. The van der Waals surface area contributed by atoms with E-state index in [0.29, 0.717) is 12.0 Å². The third-order valence-electron chi connectivity index (χ3n) is 3.35. The number of aromatic nitrogens is 3. The summed E-state index contributed by atoms with van der Waals surface area (Å²) in [6, 6.07) is 6.51. The number of nitrogens with one attached hydrogen (secondary N) is 1. The van der Waals surface area contributed by atoms with Crippen LogP contribution in [0.25, 0.3) is 5.69 Å². The monoisotopic (exact) mass is 258 g/mol. The number of pyridine rings is 1. The molecule has 0 aliphatic carbocycles. The van der Waals surface area contributed by atoms with Gasteiger partial charge in [0.15, 0.2) is 0 Å². The highest BCUT2D eigenvalue weighted by Gasteiger charge is 2.09. The Kier molecular flexibility index (Phi) is 4.32. The smallest absolute Gasteiger partial charge is 0.0829 e. The molecule has 4 heteroatoms. The lowest BCUT2D eigenvalue weighted by molar-refractivity contribution is 0.561. The fraction of sp³-hybridized carbons (Fsp3) is 0.467. The first-order valence-electron chi connectivity index (χ1n) is 6.84. The van der Waals surface area contributed by atoms with E-state index in [9.17, 15) is 0 Å². The average molecular weight is 258 g/mol. The Balaban J connectivity index is 2.21. The maximum absolute atomic E-state index is 4.56. The second kappa shape index (κ2) is 5.97. The van der Waals surface area contributed by atoms with Crippen LogP contribution in [-0.4, -0.2) is 21.8 Å². The van der Waals surface area contributed by atoms with Gasteiger partial charge in [-0.15, -0.1) is 0 Å². The Labute approximate surface area is 114 Å². The zero-order chi connectivity index (χ0) is 13.8. The number of rotatable bonds is 5. The van der Waals surface area contributed by atoms with E-state index in [4.69, 9.17) is 0 Å². The van der Waals surface area contributed by atoms with E-state index in [1.807, 2.05) is 24.1 Å². The predicted molar refractivity (Wildman–Crippen MR) is 77.5 cm³/mol. The molecule has 0 bridgehead atoms. The van der Waals surface area contributed by atoms with E-state index in [-0.39, 0.29) is 0 Å². The van der Waals surface area contributed by atoms with E-state index in [1.54, 1.807) is 0 Å². The highest BCUT2D eigenvalue weighted by atomic mass is 15.3. The van der Waals surface area contributed by atoms with Crippen molar-refractivity contribution in [1.29, 1.82) is 0 Å². The maximum Gasteiger partial charge on any atom is 0.0829 e. The Morgan fingerprint density at radius 3 is 2.47 bits per heavy atom. The summed E-state index contributed by atoms with van der Waals surface area (Å²) >= 11 is 0. The molecular weight excluding hydrogens is 236 g/mol. The molecule has 19 heavy (non-hydrogen) atoms. The van der Waals surface area contributed by atoms with Crippen LogP contribution < -0.4 is 5.32 Å². The number of hydrogen-bond donors (Lipinski definition) is 1. The summed E-state index contributed by atoms with van der Waals surface area (Å²) in [5.74, 6) is 0.447. The molecule has 0 fully saturated rings. The summed E-state index contributed by atoms with van der Waals surface area (Å²) in [6.07, 6.45) is 4.90. The fourth-order valence-corrected chi connectivity index (χ4v) is 2.09. The average Bonchev–Trinajstić information content (AvgIpc) is 2.91. The standard InChI is InChI=1S/C15H22N4/c1-5-13(16-4)15-7-6-12(10-17-15)19-9-8-14(18-19)11(2)3/h6-11,13,16H,5H2,1-4H3. The van der Waals surface area contributed by atoms with Gasteiger partial charge >= 0.3 is 0 Å². The third-order valence-corrected chi connectivity index (χ3v) is 3.35. The zero-order valence-corrected chi connectivity index (χ0v) is 12.1. The fourth-order valence-electron chi connectivity index (χ4n) is 2.09. The molecule has 0 radical (unpaired) electrons. The Bertz CT molecular complexity index is 509. The first-order valence-corrected chi connectivity index (χ1v) is 6.84. The molecule has 1 atom stereocenters. The lowest BCUT2D eigenvalue weighted by Gasteiger charge is -2.13. The largest absolute Gasteiger partial charge is 0.312 e. The van der Waals surface area contributed by atoms with Crippen LogP contribution >= 0.6 is 0 Å². The third kappa shape index (κ3) is 3.01. The van der Waals surface area contributed by atoms with Crippen molar-refractivity contribution < 1.29 is 0 Å². The second-order valence-corrected chi connectivity index (χ2v) is 5.03. The topological polar surface area (TPSA) is 42.7 Å². The molecule has 1 unspecified atom stereocenters. The first-order chi connectivity index (χ1) is 9.15. The summed E-state index contributed by atoms with van der Waals surface area (Å²) in [7, 11) is 1.96. The summed E-state index contributed by atoms with van der Waals surface area (Å²) in [5, 5.41) is 7.82. The quantitative estimate of drug-likeness (QED) is 0.896. The molecule has 1 N–H and O–H groups in total. The van der Waals surface area contributed by atoms with Crippen molar-refractivity contribution in [2.75, 3.05) is 7.05 Å². The van der Waals surface area contributed by atoms with Crippen molar-refractivity contribution in [3.63, 3.8) is 0 Å². The molecule has 2 rings (SSSR count). The van der Waals surface area contributed by atoms with Crippen LogP contribution in [0.3, 0.4) is 0 Å². The summed E-state index contributed by atoms with van der Waals surface area (Å²) in [6.45, 7) is 6.44. The van der Waals surface area contributed by atoms with Crippen LogP contribution in [0.1, 0.15) is 50.5 Å². The minimum absolute atomic E-state index is 0.317. The van der Waals surface area contributed by atoms with Gasteiger partial charge in [-0.1, -0.05) is 20.8 Å². The van der Waals surface area contributed by atoms with Gasteiger partial charge in [-0.2, -0.15) is 5.10 Å². The van der Waals surface area contributed by atoms with Crippen molar-refractivity contribution in [3.05, 3.63) is 42.0 Å². The van der Waals surface area contributed by atoms with Crippen LogP contribution in [0.4, 0.5) is 0 Å². The second-order valence-electron chi connectivity index (χ2n) is 5.03. The van der Waals surface area contributed by atoms with Gasteiger partial charge < -0.3 is 5.32 Å². The minimum atomic E-state index is 0.317. The van der Waals surface area contributed by atoms with Gasteiger partial charge in [0.2, 0.25) is 0 Å². The molecule has 0 aromatic carbocycles. The molecule has 2 aromatic rings. The molecule has 2 heterocycles. The van der Waals surface area contributed by atoms with Gasteiger partial charge in [-0.25, -0.2) is 4.68 Å². The van der Waals surface area contributed by atoms with Gasteiger partial charge in [0.05, 0.1) is 23.3 Å². The Morgan fingerprint density at radius 2 is 2.00 bits per heavy atom. The van der Waals surface area contributed by atoms with Gasteiger partial charge in [0, 0.05) is 12.2 Å². The van der Waals surface area contributed by atoms with Crippen LogP contribution in [0.2, 0.25) is 0 Å². The summed E-state index contributed by atoms with van der Waals surface area (Å²) in [4.78, 5) is 4.53. The lowest BCUT2D eigenvalue weighted by Crippen LogP contribution is -2.16. The molecule has 0 spiro atoms. The van der Waals surface area contributed by atoms with Gasteiger partial charge in [0.25, 0.3) is 0 Å². The zero-order valence-electron chi connectivity index (χ0n) is 12.1. The number of nitrogens with zero attached hydrogens (tertiary/aromatic N) is 3. The molecule has 0 saturated heterocycles. The van der Waals surface area contributed by atoms with Crippen molar-refractivity contribution in [3.8, 4) is 5.69 Å². The molecule has 0 aliphatic heterocycles. The van der Waals surface area contributed by atoms with Crippen molar-refractivity contribution in [2.45, 2.75) is 39.2 Å². The van der Waals surface area contributed by atoms with Crippen molar-refractivity contribution in [1.82, 2.24) is 20.1 Å². The SMILES string of the molecule is CCC(NC)c1ccc(-n2ccc(C(C)C)n2)cn1. The van der Waals surface area contributed by atoms with Gasteiger partial charge in [0.1, 0.15) is 0 Å². The van der Waals surface area contributed by atoms with Gasteiger partial charge in [-0.05, 0) is 37.6 Å². The van der Waals surface area contributed by atoms with Crippen molar-refractivity contribution in [2.24, 2.45) is 0 Å². The maximum atomic E-state index is 4.56. The highest BCUT2D eigenvalue weighted by Crippen LogP contribution is 2.17. The molecule has 0 saturated carbocycles. The van der Waals surface area contributed by atoms with E-state index in [2.05, 4.69) is 54.4 Å². The summed E-state index contributed by atoms with van der Waals surface area (Å²) < 4.78 is 1.88. The molecule has 4 nitrogen and oxygen atoms in total. The van der Waals surface area contributed by atoms with E-state index < -0.39 is 0 Å². The number of hydrogen-bond acceptors (Lipinski definition) is 3. The van der Waals surface area contributed by atoms with E-state index in [1.165, 1.54) is 0 Å². The van der Waals surface area contributed by atoms with Gasteiger partial charge in [-0.3, -0.25) is 4.98 Å². The minimum Gasteiger partial charge on any atom is -0.312 e. The van der Waals surface area contributed by atoms with Crippen LogP contribution in [0.15, 0.2) is 30.6 Å². The Morgan fingerprint density at radius 1 is 1.21 bits per heavy atom. The normalized spacial score (nSPS) is 12.9. The van der Waals surface area contributed by atoms with Crippen LogP contribution in [0, 0.1) is 0 Å². The van der Waals surface area contributed by atoms with Crippen molar-refractivity contribution >= 4 is 0 Å². The van der Waals surface area contributed by atoms with E-state index in [0.717, 1.165) is 23.5 Å².